The molecule has 6 rings (SSSR count). The van der Waals surface area contributed by atoms with Crippen molar-refractivity contribution in [3.8, 4) is 40.5 Å². The van der Waals surface area contributed by atoms with E-state index >= 15 is 0 Å². The maximum absolute atomic E-state index is 12.4. The number of oxime groups is 1. The molecule has 3 aliphatic heterocycles. The lowest BCUT2D eigenvalue weighted by atomic mass is 9.80. The standard InChI is InChI=1S/C29H28N2O10/c1-14(2)19-10-17-18(39-19)6-5-15-28(30-38-13-26(34)41-31-24(32)7-8-25(31)33)27-16-9-21(35-3)22(36-4)11-20(16)37-12-23(27)40-29(15)17/h5-9,11,19,23,27,32-33H,1,10,12-13H2,2-4H3/t19-,23-,27+/m1/s1. The van der Waals surface area contributed by atoms with Crippen molar-refractivity contribution in [2.45, 2.75) is 31.5 Å². The molecule has 0 saturated carbocycles. The molecule has 0 spiro atoms. The molecule has 4 heterocycles. The quantitative estimate of drug-likeness (QED) is 0.325. The van der Waals surface area contributed by atoms with E-state index in [9.17, 15) is 15.0 Å². The van der Waals surface area contributed by atoms with Gasteiger partial charge >= 0.3 is 5.97 Å². The average Bonchev–Trinajstić information content (AvgIpc) is 3.55. The largest absolute Gasteiger partial charge is 0.493 e. The number of carbonyl (C=O) groups excluding carboxylic acids is 1. The number of carbonyl (C=O) groups is 1. The molecule has 0 unspecified atom stereocenters. The first-order valence-electron chi connectivity index (χ1n) is 12.8. The van der Waals surface area contributed by atoms with Gasteiger partial charge in [-0.15, -0.1) is 4.73 Å². The first kappa shape index (κ1) is 26.2. The second-order valence-electron chi connectivity index (χ2n) is 9.82. The molecule has 0 amide bonds. The zero-order chi connectivity index (χ0) is 28.8. The number of rotatable bonds is 7. The average molecular weight is 565 g/mol. The van der Waals surface area contributed by atoms with Gasteiger partial charge in [-0.3, -0.25) is 0 Å². The normalized spacial score (nSPS) is 20.8. The van der Waals surface area contributed by atoms with E-state index in [1.165, 1.54) is 12.1 Å². The SMILES string of the molecule is C=C(C)[C@H]1Cc2c(ccc3c2O[C@@H]2COc4cc(OC)c(OC)cc4[C@@H]2C3=NOCC(=O)On2c(O)ccc2O)O1. The molecular weight excluding hydrogens is 536 g/mol. The van der Waals surface area contributed by atoms with E-state index in [1.54, 1.807) is 20.3 Å². The van der Waals surface area contributed by atoms with Gasteiger partial charge in [0.1, 0.15) is 41.8 Å². The molecule has 214 valence electrons. The van der Waals surface area contributed by atoms with Crippen LogP contribution in [0.5, 0.6) is 40.5 Å². The van der Waals surface area contributed by atoms with Gasteiger partial charge in [0.15, 0.2) is 11.5 Å². The van der Waals surface area contributed by atoms with E-state index in [1.807, 2.05) is 25.1 Å². The summed E-state index contributed by atoms with van der Waals surface area (Å²) in [5.74, 6) is 0.656. The summed E-state index contributed by atoms with van der Waals surface area (Å²) in [6, 6.07) is 9.62. The Hall–Kier alpha value is -5.00. The summed E-state index contributed by atoms with van der Waals surface area (Å²) in [6.45, 7) is 5.57. The van der Waals surface area contributed by atoms with Crippen LogP contribution in [0.3, 0.4) is 0 Å². The molecule has 0 bridgehead atoms. The van der Waals surface area contributed by atoms with Crippen LogP contribution < -0.4 is 28.5 Å². The van der Waals surface area contributed by atoms with Gasteiger partial charge < -0.3 is 43.6 Å². The Labute approximate surface area is 234 Å². The topological polar surface area (TPSA) is 139 Å². The number of benzene rings is 2. The first-order chi connectivity index (χ1) is 19.8. The highest BCUT2D eigenvalue weighted by atomic mass is 16.7. The smallest absolute Gasteiger partial charge is 0.373 e. The fourth-order valence-electron chi connectivity index (χ4n) is 5.25. The van der Waals surface area contributed by atoms with Crippen LogP contribution in [0.2, 0.25) is 0 Å². The van der Waals surface area contributed by atoms with Crippen LogP contribution in [-0.2, 0) is 16.1 Å². The van der Waals surface area contributed by atoms with Crippen molar-refractivity contribution in [1.82, 2.24) is 4.73 Å². The Morgan fingerprint density at radius 2 is 1.80 bits per heavy atom. The van der Waals surface area contributed by atoms with Crippen molar-refractivity contribution in [3.05, 3.63) is 65.2 Å². The van der Waals surface area contributed by atoms with Gasteiger partial charge in [-0.2, -0.15) is 0 Å². The molecule has 2 N–H and O–H groups in total. The first-order valence-corrected chi connectivity index (χ1v) is 12.8. The molecule has 1 aromatic heterocycles. The number of fused-ring (bicyclic) bond motifs is 6. The second kappa shape index (κ2) is 10.2. The van der Waals surface area contributed by atoms with Gasteiger partial charge in [0.25, 0.3) is 0 Å². The molecule has 12 nitrogen and oxygen atoms in total. The van der Waals surface area contributed by atoms with Crippen molar-refractivity contribution in [3.63, 3.8) is 0 Å². The van der Waals surface area contributed by atoms with E-state index in [0.29, 0.717) is 51.2 Å². The van der Waals surface area contributed by atoms with E-state index < -0.39 is 36.4 Å². The number of hydrogen-bond acceptors (Lipinski definition) is 11. The van der Waals surface area contributed by atoms with Crippen LogP contribution in [0, 0.1) is 0 Å². The Balaban J connectivity index is 1.38. The predicted octanol–water partition coefficient (Wildman–Crippen LogP) is 3.11. The molecule has 0 fully saturated rings. The van der Waals surface area contributed by atoms with Crippen LogP contribution in [0.15, 0.2) is 53.7 Å². The van der Waals surface area contributed by atoms with Gasteiger partial charge in [0.2, 0.25) is 18.4 Å². The number of aromatic nitrogens is 1. The maximum Gasteiger partial charge on any atom is 0.373 e. The van der Waals surface area contributed by atoms with Crippen molar-refractivity contribution < 1.29 is 48.4 Å². The minimum Gasteiger partial charge on any atom is -0.493 e. The fourth-order valence-corrected chi connectivity index (χ4v) is 5.25. The lowest BCUT2D eigenvalue weighted by Crippen LogP contribution is -2.43. The lowest BCUT2D eigenvalue weighted by Gasteiger charge is -2.39. The van der Waals surface area contributed by atoms with Gasteiger partial charge in [-0.25, -0.2) is 4.79 Å². The lowest BCUT2D eigenvalue weighted by molar-refractivity contribution is -0.150. The Morgan fingerprint density at radius 1 is 1.07 bits per heavy atom. The minimum atomic E-state index is -0.898. The van der Waals surface area contributed by atoms with E-state index in [0.717, 1.165) is 16.7 Å². The molecule has 3 aliphatic rings. The molecule has 3 aromatic rings. The molecule has 0 radical (unpaired) electrons. The van der Waals surface area contributed by atoms with Crippen molar-refractivity contribution >= 4 is 11.7 Å². The summed E-state index contributed by atoms with van der Waals surface area (Å²) in [7, 11) is 3.09. The van der Waals surface area contributed by atoms with Crippen LogP contribution in [-0.4, -0.2) is 66.3 Å². The van der Waals surface area contributed by atoms with E-state index in [2.05, 4.69) is 11.7 Å². The Bertz CT molecular complexity index is 1560. The van der Waals surface area contributed by atoms with E-state index in [4.69, 9.17) is 33.4 Å². The molecule has 41 heavy (non-hydrogen) atoms. The monoisotopic (exact) mass is 564 g/mol. The Morgan fingerprint density at radius 3 is 2.51 bits per heavy atom. The number of hydrogen-bond donors (Lipinski definition) is 2. The predicted molar refractivity (Wildman–Crippen MR) is 143 cm³/mol. The van der Waals surface area contributed by atoms with E-state index in [-0.39, 0.29) is 12.7 Å². The molecule has 3 atom stereocenters. The number of nitrogens with zero attached hydrogens (tertiary/aromatic N) is 2. The number of aromatic hydroxyl groups is 2. The highest BCUT2D eigenvalue weighted by Gasteiger charge is 2.45. The van der Waals surface area contributed by atoms with Crippen molar-refractivity contribution in [2.24, 2.45) is 5.16 Å². The molecule has 0 saturated heterocycles. The zero-order valence-corrected chi connectivity index (χ0v) is 22.6. The summed E-state index contributed by atoms with van der Waals surface area (Å²) in [5.41, 5.74) is 3.71. The van der Waals surface area contributed by atoms with Crippen molar-refractivity contribution in [2.75, 3.05) is 27.4 Å². The molecule has 2 aromatic carbocycles. The summed E-state index contributed by atoms with van der Waals surface area (Å²) >= 11 is 0. The third-order valence-corrected chi connectivity index (χ3v) is 7.23. The van der Waals surface area contributed by atoms with Gasteiger partial charge in [-0.1, -0.05) is 11.7 Å². The molecule has 0 aliphatic carbocycles. The summed E-state index contributed by atoms with van der Waals surface area (Å²) < 4.78 is 30.3. The third kappa shape index (κ3) is 4.50. The van der Waals surface area contributed by atoms with Crippen LogP contribution >= 0.6 is 0 Å². The third-order valence-electron chi connectivity index (χ3n) is 7.23. The van der Waals surface area contributed by atoms with Crippen molar-refractivity contribution in [1.29, 1.82) is 0 Å². The Kier molecular flexibility index (Phi) is 6.52. The van der Waals surface area contributed by atoms with Crippen LogP contribution in [0.25, 0.3) is 0 Å². The van der Waals surface area contributed by atoms with Gasteiger partial charge in [-0.05, 0) is 30.7 Å². The highest BCUT2D eigenvalue weighted by molar-refractivity contribution is 6.09. The van der Waals surface area contributed by atoms with Gasteiger partial charge in [0.05, 0.1) is 20.1 Å². The zero-order valence-electron chi connectivity index (χ0n) is 22.6. The summed E-state index contributed by atoms with van der Waals surface area (Å²) in [4.78, 5) is 22.9. The summed E-state index contributed by atoms with van der Waals surface area (Å²) in [6.07, 6.45) is -0.0739. The second-order valence-corrected chi connectivity index (χ2v) is 9.82. The maximum atomic E-state index is 12.4. The number of methoxy groups -OCH3 is 2. The van der Waals surface area contributed by atoms with Gasteiger partial charge in [0, 0.05) is 41.3 Å². The highest BCUT2D eigenvalue weighted by Crippen LogP contribution is 2.50. The molecular formula is C29H28N2O10. The van der Waals surface area contributed by atoms with Crippen LogP contribution in [0.1, 0.15) is 29.5 Å². The molecule has 12 heteroatoms. The van der Waals surface area contributed by atoms with Crippen LogP contribution in [0.4, 0.5) is 0 Å². The fraction of sp³-hybridized carbons (Fsp3) is 0.310. The minimum absolute atomic E-state index is 0.175. The number of ether oxygens (including phenoxy) is 5. The summed E-state index contributed by atoms with van der Waals surface area (Å²) in [5, 5.41) is 23.9.